The van der Waals surface area contributed by atoms with E-state index in [-0.39, 0.29) is 0 Å². The Bertz CT molecular complexity index is 165. The van der Waals surface area contributed by atoms with Gasteiger partial charge in [0, 0.05) is 11.1 Å². The molecule has 8 heavy (non-hydrogen) atoms. The van der Waals surface area contributed by atoms with Gasteiger partial charge in [0.05, 0.1) is 7.05 Å². The first-order valence-corrected chi connectivity index (χ1v) is 3.08. The van der Waals surface area contributed by atoms with Crippen molar-refractivity contribution in [2.24, 2.45) is 4.99 Å². The van der Waals surface area contributed by atoms with Gasteiger partial charge in [0.15, 0.2) is 0 Å². The Morgan fingerprint density at radius 1 is 1.75 bits per heavy atom. The van der Waals surface area contributed by atoms with Crippen LogP contribution >= 0.6 is 11.3 Å². The van der Waals surface area contributed by atoms with Crippen LogP contribution in [0.4, 0.5) is 0 Å². The average molecular weight is 123 g/mol. The molecule has 0 aliphatic carbocycles. The second-order valence-corrected chi connectivity index (χ2v) is 2.27. The summed E-state index contributed by atoms with van der Waals surface area (Å²) in [5, 5.41) is 1.98. The highest BCUT2D eigenvalue weighted by molar-refractivity contribution is 7.11. The van der Waals surface area contributed by atoms with E-state index in [1.807, 2.05) is 17.5 Å². The van der Waals surface area contributed by atoms with Crippen LogP contribution in [0.15, 0.2) is 22.5 Å². The van der Waals surface area contributed by atoms with E-state index in [0.717, 1.165) is 4.88 Å². The maximum atomic E-state index is 4.90. The van der Waals surface area contributed by atoms with E-state index in [1.165, 1.54) is 0 Å². The first-order valence-electron chi connectivity index (χ1n) is 2.20. The first-order chi connectivity index (χ1) is 3.93. The highest BCUT2D eigenvalue weighted by Gasteiger charge is 1.81. The largest absolute Gasteiger partial charge is 0.284 e. The maximum Gasteiger partial charge on any atom is 0.0990 e. The number of hydrogen-bond acceptors (Lipinski definition) is 2. The summed E-state index contributed by atoms with van der Waals surface area (Å²) in [6, 6.07) is 3.92. The lowest BCUT2D eigenvalue weighted by molar-refractivity contribution is 1.62. The molecule has 1 aromatic heterocycles. The maximum absolute atomic E-state index is 4.90. The van der Waals surface area contributed by atoms with Crippen LogP contribution in [-0.2, 0) is 0 Å². The van der Waals surface area contributed by atoms with E-state index in [4.69, 9.17) is 7.05 Å². The van der Waals surface area contributed by atoms with Crippen molar-refractivity contribution in [3.05, 3.63) is 29.4 Å². The zero-order chi connectivity index (χ0) is 5.82. The van der Waals surface area contributed by atoms with Crippen molar-refractivity contribution < 1.29 is 0 Å². The molecule has 0 spiro atoms. The lowest BCUT2D eigenvalue weighted by Crippen LogP contribution is -1.65. The molecule has 40 valence electrons. The van der Waals surface area contributed by atoms with Gasteiger partial charge in [-0.3, -0.25) is 4.99 Å². The molecule has 1 heterocycles. The van der Waals surface area contributed by atoms with E-state index in [2.05, 4.69) is 4.99 Å². The van der Waals surface area contributed by atoms with Crippen molar-refractivity contribution in [1.82, 2.24) is 0 Å². The third kappa shape index (κ3) is 1.17. The van der Waals surface area contributed by atoms with E-state index < -0.39 is 0 Å². The minimum Gasteiger partial charge on any atom is -0.284 e. The Morgan fingerprint density at radius 3 is 3.12 bits per heavy atom. The van der Waals surface area contributed by atoms with Crippen molar-refractivity contribution in [3.8, 4) is 0 Å². The second-order valence-electron chi connectivity index (χ2n) is 1.29. The number of aliphatic imine (C=N–C) groups is 1. The molecular weight excluding hydrogens is 118 g/mol. The van der Waals surface area contributed by atoms with Gasteiger partial charge in [-0.05, 0) is 11.4 Å². The Balaban J connectivity index is 2.77. The smallest absolute Gasteiger partial charge is 0.0990 e. The van der Waals surface area contributed by atoms with Gasteiger partial charge in [-0.15, -0.1) is 11.3 Å². The summed E-state index contributed by atoms with van der Waals surface area (Å²) in [6.07, 6.45) is 1.63. The molecule has 0 N–H and O–H groups in total. The fraction of sp³-hybridized carbons (Fsp3) is 0. The molecule has 0 atom stereocenters. The summed E-state index contributed by atoms with van der Waals surface area (Å²) in [7, 11) is 4.90. The summed E-state index contributed by atoms with van der Waals surface area (Å²) >= 11 is 1.62. The third-order valence-corrected chi connectivity index (χ3v) is 1.55. The Kier molecular flexibility index (Phi) is 1.80. The average Bonchev–Trinajstić information content (AvgIpc) is 2.19. The molecule has 1 aromatic rings. The highest BCUT2D eigenvalue weighted by Crippen LogP contribution is 2.03. The van der Waals surface area contributed by atoms with Crippen molar-refractivity contribution in [3.63, 3.8) is 0 Å². The van der Waals surface area contributed by atoms with Crippen LogP contribution in [0.25, 0.3) is 0 Å². The van der Waals surface area contributed by atoms with Crippen molar-refractivity contribution in [2.75, 3.05) is 0 Å². The van der Waals surface area contributed by atoms with Gasteiger partial charge in [0.1, 0.15) is 0 Å². The highest BCUT2D eigenvalue weighted by atomic mass is 32.1. The SMILES string of the molecule is [CH]/N=C/c1cccs1. The zero-order valence-corrected chi connectivity index (χ0v) is 5.06. The van der Waals surface area contributed by atoms with Crippen LogP contribution in [-0.4, -0.2) is 6.21 Å². The van der Waals surface area contributed by atoms with Gasteiger partial charge in [0.25, 0.3) is 0 Å². The van der Waals surface area contributed by atoms with Gasteiger partial charge in [-0.1, -0.05) is 6.07 Å². The monoisotopic (exact) mass is 123 g/mol. The van der Waals surface area contributed by atoms with Crippen LogP contribution in [0.2, 0.25) is 0 Å². The topological polar surface area (TPSA) is 12.4 Å². The van der Waals surface area contributed by atoms with Gasteiger partial charge >= 0.3 is 0 Å². The lowest BCUT2D eigenvalue weighted by Gasteiger charge is -1.74. The summed E-state index contributed by atoms with van der Waals surface area (Å²) in [6.45, 7) is 0. The van der Waals surface area contributed by atoms with Crippen molar-refractivity contribution >= 4 is 17.6 Å². The molecule has 0 saturated heterocycles. The number of hydrogen-bond donors (Lipinski definition) is 0. The van der Waals surface area contributed by atoms with Crippen molar-refractivity contribution in [1.29, 1.82) is 0 Å². The summed E-state index contributed by atoms with van der Waals surface area (Å²) in [5.74, 6) is 0. The molecular formula is C6H5NS. The zero-order valence-electron chi connectivity index (χ0n) is 4.24. The number of rotatable bonds is 1. The van der Waals surface area contributed by atoms with Crippen molar-refractivity contribution in [2.45, 2.75) is 0 Å². The minimum atomic E-state index is 1.09. The third-order valence-electron chi connectivity index (χ3n) is 0.745. The molecule has 2 radical (unpaired) electrons. The molecule has 0 aliphatic heterocycles. The standard InChI is InChI=1S/C6H5NS/c1-7-5-6-3-2-4-8-6/h1-5H. The van der Waals surface area contributed by atoms with E-state index in [9.17, 15) is 0 Å². The van der Waals surface area contributed by atoms with Gasteiger partial charge in [-0.25, -0.2) is 0 Å². The summed E-state index contributed by atoms with van der Waals surface area (Å²) < 4.78 is 0. The number of thiophene rings is 1. The molecule has 0 aliphatic rings. The summed E-state index contributed by atoms with van der Waals surface area (Å²) in [5.41, 5.74) is 0. The molecule has 0 aromatic carbocycles. The fourth-order valence-electron chi connectivity index (χ4n) is 0.438. The van der Waals surface area contributed by atoms with Gasteiger partial charge in [0.2, 0.25) is 0 Å². The molecule has 1 nitrogen and oxygen atoms in total. The quantitative estimate of drug-likeness (QED) is 0.505. The summed E-state index contributed by atoms with van der Waals surface area (Å²) in [4.78, 5) is 4.45. The van der Waals surface area contributed by atoms with Gasteiger partial charge < -0.3 is 0 Å². The Labute approximate surface area is 52.7 Å². The molecule has 0 fully saturated rings. The van der Waals surface area contributed by atoms with Crippen LogP contribution in [0.3, 0.4) is 0 Å². The van der Waals surface area contributed by atoms with Crippen LogP contribution in [0.1, 0.15) is 4.88 Å². The number of nitrogens with zero attached hydrogens (tertiary/aromatic N) is 1. The van der Waals surface area contributed by atoms with E-state index >= 15 is 0 Å². The Hall–Kier alpha value is -0.630. The fourth-order valence-corrected chi connectivity index (χ4v) is 1.03. The van der Waals surface area contributed by atoms with Crippen LogP contribution < -0.4 is 0 Å². The molecule has 0 unspecified atom stereocenters. The minimum absolute atomic E-state index is 1.09. The predicted molar refractivity (Wildman–Crippen MR) is 36.2 cm³/mol. The molecule has 0 amide bonds. The predicted octanol–water partition coefficient (Wildman–Crippen LogP) is 1.84. The van der Waals surface area contributed by atoms with Crippen LogP contribution in [0.5, 0.6) is 0 Å². The second kappa shape index (κ2) is 2.62. The molecule has 0 bridgehead atoms. The normalized spacial score (nSPS) is 10.6. The van der Waals surface area contributed by atoms with Crippen LogP contribution in [0, 0.1) is 7.05 Å². The molecule has 1 rings (SSSR count). The van der Waals surface area contributed by atoms with Gasteiger partial charge in [-0.2, -0.15) is 0 Å². The Morgan fingerprint density at radius 2 is 2.62 bits per heavy atom. The van der Waals surface area contributed by atoms with E-state index in [0.29, 0.717) is 0 Å². The first kappa shape index (κ1) is 5.51. The molecule has 0 saturated carbocycles. The molecule has 2 heteroatoms. The lowest BCUT2D eigenvalue weighted by atomic mass is 10.5. The van der Waals surface area contributed by atoms with E-state index in [1.54, 1.807) is 17.6 Å².